The largest absolute Gasteiger partial charge is 0.458 e. The SMILES string of the molecule is CC[C@@]1(O)C(=O)OCc2c1cc1n(c2=O)Cc2c-1nc1ccccc1c2/C=N/OCC1CCCCC1. The van der Waals surface area contributed by atoms with Gasteiger partial charge in [0.1, 0.15) is 13.2 Å². The molecule has 3 aromatic rings. The molecule has 6 rings (SSSR count). The fraction of sp³-hybridized carbons (Fsp3) is 0.429. The van der Waals surface area contributed by atoms with Crippen molar-refractivity contribution in [2.45, 2.75) is 64.2 Å². The Morgan fingerprint density at radius 1 is 1.22 bits per heavy atom. The van der Waals surface area contributed by atoms with Crippen molar-refractivity contribution in [3.63, 3.8) is 0 Å². The van der Waals surface area contributed by atoms with Crippen LogP contribution in [0.4, 0.5) is 0 Å². The van der Waals surface area contributed by atoms with Gasteiger partial charge in [-0.1, -0.05) is 49.5 Å². The molecule has 0 spiro atoms. The Morgan fingerprint density at radius 2 is 2.03 bits per heavy atom. The minimum absolute atomic E-state index is 0.107. The molecule has 1 aromatic carbocycles. The van der Waals surface area contributed by atoms with Crippen LogP contribution in [0.15, 0.2) is 40.3 Å². The zero-order valence-electron chi connectivity index (χ0n) is 20.3. The summed E-state index contributed by atoms with van der Waals surface area (Å²) in [7, 11) is 0. The fourth-order valence-electron chi connectivity index (χ4n) is 5.80. The summed E-state index contributed by atoms with van der Waals surface area (Å²) >= 11 is 0. The molecule has 0 saturated heterocycles. The number of pyridine rings is 2. The summed E-state index contributed by atoms with van der Waals surface area (Å²) < 4.78 is 6.82. The Labute approximate surface area is 208 Å². The van der Waals surface area contributed by atoms with Crippen LogP contribution in [0.5, 0.6) is 0 Å². The lowest BCUT2D eigenvalue weighted by Crippen LogP contribution is -2.44. The summed E-state index contributed by atoms with van der Waals surface area (Å²) in [6, 6.07) is 9.52. The third-order valence-corrected chi connectivity index (χ3v) is 7.93. The molecule has 1 atom stereocenters. The molecule has 36 heavy (non-hydrogen) atoms. The minimum atomic E-state index is -1.85. The lowest BCUT2D eigenvalue weighted by atomic mass is 9.86. The zero-order valence-corrected chi connectivity index (χ0v) is 20.3. The topological polar surface area (TPSA) is 103 Å². The number of nitrogens with zero attached hydrogens (tertiary/aromatic N) is 3. The van der Waals surface area contributed by atoms with Gasteiger partial charge >= 0.3 is 5.97 Å². The van der Waals surface area contributed by atoms with Crippen molar-refractivity contribution < 1.29 is 19.5 Å². The van der Waals surface area contributed by atoms with Crippen LogP contribution >= 0.6 is 0 Å². The molecule has 4 heterocycles. The van der Waals surface area contributed by atoms with E-state index in [0.29, 0.717) is 41.6 Å². The van der Waals surface area contributed by atoms with Gasteiger partial charge in [-0.25, -0.2) is 9.78 Å². The van der Waals surface area contributed by atoms with Crippen molar-refractivity contribution >= 4 is 23.1 Å². The second kappa shape index (κ2) is 8.85. The number of aliphatic hydroxyl groups is 1. The Hall–Kier alpha value is -3.52. The number of hydrogen-bond donors (Lipinski definition) is 1. The van der Waals surface area contributed by atoms with Crippen molar-refractivity contribution in [1.29, 1.82) is 0 Å². The number of benzene rings is 1. The van der Waals surface area contributed by atoms with Crippen molar-refractivity contribution in [2.75, 3.05) is 6.61 Å². The lowest BCUT2D eigenvalue weighted by molar-refractivity contribution is -0.172. The van der Waals surface area contributed by atoms with E-state index in [9.17, 15) is 14.7 Å². The monoisotopic (exact) mass is 487 g/mol. The second-order valence-electron chi connectivity index (χ2n) is 10.0. The third kappa shape index (κ3) is 3.54. The number of para-hydroxylation sites is 1. The van der Waals surface area contributed by atoms with E-state index in [0.717, 1.165) is 22.0 Å². The highest BCUT2D eigenvalue weighted by Crippen LogP contribution is 2.39. The minimum Gasteiger partial charge on any atom is -0.458 e. The van der Waals surface area contributed by atoms with Gasteiger partial charge in [-0.2, -0.15) is 0 Å². The van der Waals surface area contributed by atoms with Gasteiger partial charge in [-0.05, 0) is 37.3 Å². The molecule has 2 aromatic heterocycles. The van der Waals surface area contributed by atoms with Gasteiger partial charge in [0.2, 0.25) is 0 Å². The first-order chi connectivity index (χ1) is 17.5. The van der Waals surface area contributed by atoms with Crippen molar-refractivity contribution in [2.24, 2.45) is 11.1 Å². The molecule has 1 aliphatic carbocycles. The Balaban J connectivity index is 1.44. The Kier molecular flexibility index (Phi) is 5.63. The summed E-state index contributed by atoms with van der Waals surface area (Å²) in [4.78, 5) is 36.5. The standard InChI is InChI=1S/C28H29N3O5/c1-2-28(34)22-12-24-25-20(14-31(24)26(32)21(22)16-35-27(28)33)19(18-10-6-7-11-23(18)30-25)13-29-36-15-17-8-4-3-5-9-17/h6-7,10-13,17,34H,2-5,8-9,14-16H2,1H3/b29-13+/t28-/m0/s1. The molecule has 1 fully saturated rings. The Morgan fingerprint density at radius 3 is 2.83 bits per heavy atom. The normalized spacial score (nSPS) is 21.3. The van der Waals surface area contributed by atoms with Gasteiger partial charge in [-0.15, -0.1) is 0 Å². The molecule has 186 valence electrons. The van der Waals surface area contributed by atoms with E-state index in [2.05, 4.69) is 5.16 Å². The number of ether oxygens (including phenoxy) is 1. The van der Waals surface area contributed by atoms with Crippen molar-refractivity contribution in [1.82, 2.24) is 9.55 Å². The number of hydrogen-bond acceptors (Lipinski definition) is 7. The van der Waals surface area contributed by atoms with Crippen LogP contribution in [0.1, 0.15) is 67.7 Å². The third-order valence-electron chi connectivity index (χ3n) is 7.93. The van der Waals surface area contributed by atoms with E-state index < -0.39 is 11.6 Å². The number of carbonyl (C=O) groups is 1. The smallest absolute Gasteiger partial charge is 0.343 e. The van der Waals surface area contributed by atoms with Crippen LogP contribution < -0.4 is 5.56 Å². The summed E-state index contributed by atoms with van der Waals surface area (Å²) in [6.07, 6.45) is 8.01. The van der Waals surface area contributed by atoms with Gasteiger partial charge in [0, 0.05) is 22.1 Å². The lowest BCUT2D eigenvalue weighted by Gasteiger charge is -2.31. The molecule has 8 nitrogen and oxygen atoms in total. The first kappa shape index (κ1) is 22.9. The molecule has 1 N–H and O–H groups in total. The highest BCUT2D eigenvalue weighted by molar-refractivity contribution is 6.02. The van der Waals surface area contributed by atoms with Gasteiger partial charge in [0.15, 0.2) is 5.60 Å². The molecule has 2 aliphatic heterocycles. The molecule has 0 radical (unpaired) electrons. The maximum Gasteiger partial charge on any atom is 0.343 e. The van der Waals surface area contributed by atoms with Gasteiger partial charge in [0.05, 0.1) is 35.2 Å². The average Bonchev–Trinajstić information content (AvgIpc) is 3.28. The number of oxime groups is 1. The van der Waals surface area contributed by atoms with E-state index in [1.165, 1.54) is 32.1 Å². The number of cyclic esters (lactones) is 1. The van der Waals surface area contributed by atoms with Crippen LogP contribution in [0.3, 0.4) is 0 Å². The summed E-state index contributed by atoms with van der Waals surface area (Å²) in [6.45, 7) is 2.47. The summed E-state index contributed by atoms with van der Waals surface area (Å²) in [5.41, 5.74) is 2.23. The summed E-state index contributed by atoms with van der Waals surface area (Å²) in [5, 5.41) is 16.4. The predicted octanol–water partition coefficient (Wildman–Crippen LogP) is 4.01. The molecule has 0 unspecified atom stereocenters. The zero-order chi connectivity index (χ0) is 24.9. The van der Waals surface area contributed by atoms with Gasteiger partial charge in [-0.3, -0.25) is 4.79 Å². The highest BCUT2D eigenvalue weighted by Gasteiger charge is 2.45. The van der Waals surface area contributed by atoms with Crippen LogP contribution in [0.2, 0.25) is 0 Å². The van der Waals surface area contributed by atoms with E-state index in [1.807, 2.05) is 24.3 Å². The number of esters is 1. The first-order valence-electron chi connectivity index (χ1n) is 12.8. The number of aromatic nitrogens is 2. The van der Waals surface area contributed by atoms with E-state index in [1.54, 1.807) is 23.8 Å². The van der Waals surface area contributed by atoms with E-state index >= 15 is 0 Å². The van der Waals surface area contributed by atoms with Crippen molar-refractivity contribution in [3.05, 3.63) is 62.9 Å². The maximum absolute atomic E-state index is 13.5. The second-order valence-corrected chi connectivity index (χ2v) is 10.0. The molecule has 1 saturated carbocycles. The van der Waals surface area contributed by atoms with E-state index in [-0.39, 0.29) is 18.6 Å². The average molecular weight is 488 g/mol. The van der Waals surface area contributed by atoms with Gasteiger partial charge in [0.25, 0.3) is 5.56 Å². The fourth-order valence-corrected chi connectivity index (χ4v) is 5.80. The van der Waals surface area contributed by atoms with Crippen LogP contribution in [-0.2, 0) is 33.1 Å². The highest BCUT2D eigenvalue weighted by atomic mass is 16.6. The van der Waals surface area contributed by atoms with Gasteiger partial charge < -0.3 is 19.2 Å². The summed E-state index contributed by atoms with van der Waals surface area (Å²) in [5.74, 6) is -0.179. The number of rotatable bonds is 5. The molecule has 0 amide bonds. The Bertz CT molecular complexity index is 1450. The van der Waals surface area contributed by atoms with Crippen LogP contribution in [-0.4, -0.2) is 33.4 Å². The van der Waals surface area contributed by atoms with Crippen LogP contribution in [0.25, 0.3) is 22.3 Å². The molecular formula is C28H29N3O5. The van der Waals surface area contributed by atoms with Crippen LogP contribution in [0, 0.1) is 5.92 Å². The number of carbonyl (C=O) groups excluding carboxylic acids is 1. The number of fused-ring (bicyclic) bond motifs is 5. The molecule has 8 heteroatoms. The van der Waals surface area contributed by atoms with Crippen molar-refractivity contribution in [3.8, 4) is 11.4 Å². The first-order valence-corrected chi connectivity index (χ1v) is 12.8. The molecular weight excluding hydrogens is 458 g/mol. The molecule has 0 bridgehead atoms. The molecule has 3 aliphatic rings. The predicted molar refractivity (Wildman–Crippen MR) is 135 cm³/mol. The maximum atomic E-state index is 13.5. The quantitative estimate of drug-likeness (QED) is 0.259. The van der Waals surface area contributed by atoms with E-state index in [4.69, 9.17) is 14.6 Å².